The molecule has 3 aromatic heterocycles. The number of aromatic amines is 1. The molecule has 35 heavy (non-hydrogen) atoms. The van der Waals surface area contributed by atoms with E-state index < -0.39 is 27.5 Å². The highest BCUT2D eigenvalue weighted by molar-refractivity contribution is 7.92. The largest absolute Gasteiger partial charge is 0.419 e. The first-order chi connectivity index (χ1) is 16.4. The summed E-state index contributed by atoms with van der Waals surface area (Å²) in [6.45, 7) is -0.143. The zero-order valence-electron chi connectivity index (χ0n) is 18.3. The molecule has 3 N–H and O–H groups in total. The Balaban J connectivity index is 1.64. The number of nitrogens with zero attached hydrogens (tertiary/aromatic N) is 3. The van der Waals surface area contributed by atoms with Crippen molar-refractivity contribution >= 4 is 44.1 Å². The van der Waals surface area contributed by atoms with Crippen LogP contribution in [0.5, 0.6) is 0 Å². The predicted molar refractivity (Wildman–Crippen MR) is 124 cm³/mol. The molecule has 4 rings (SSSR count). The molecule has 0 atom stereocenters. The predicted octanol–water partition coefficient (Wildman–Crippen LogP) is 3.68. The molecule has 0 fully saturated rings. The smallest absolute Gasteiger partial charge is 0.408 e. The minimum Gasteiger partial charge on any atom is -0.408 e. The molecule has 3 heterocycles. The number of anilines is 4. The van der Waals surface area contributed by atoms with Crippen molar-refractivity contribution in [2.75, 3.05) is 28.2 Å². The quantitative estimate of drug-likeness (QED) is 0.344. The van der Waals surface area contributed by atoms with Gasteiger partial charge in [0.15, 0.2) is 5.58 Å². The van der Waals surface area contributed by atoms with Crippen molar-refractivity contribution in [1.82, 2.24) is 15.0 Å². The number of fused-ring (bicyclic) bond motifs is 1. The van der Waals surface area contributed by atoms with Crippen LogP contribution in [-0.2, 0) is 22.7 Å². The number of sulfonamides is 1. The van der Waals surface area contributed by atoms with Gasteiger partial charge in [-0.25, -0.2) is 23.2 Å². The summed E-state index contributed by atoms with van der Waals surface area (Å²) in [6, 6.07) is 8.97. The number of H-pyrrole nitrogens is 1. The van der Waals surface area contributed by atoms with Gasteiger partial charge in [0.25, 0.3) is 0 Å². The van der Waals surface area contributed by atoms with Gasteiger partial charge in [-0.2, -0.15) is 13.2 Å². The second kappa shape index (κ2) is 8.94. The van der Waals surface area contributed by atoms with Crippen molar-refractivity contribution in [1.29, 1.82) is 0 Å². The second-order valence-corrected chi connectivity index (χ2v) is 9.55. The summed E-state index contributed by atoms with van der Waals surface area (Å²) in [4.78, 5) is 21.7. The van der Waals surface area contributed by atoms with Gasteiger partial charge in [0, 0.05) is 49.4 Å². The molecule has 0 spiro atoms. The van der Waals surface area contributed by atoms with Crippen LogP contribution in [0.4, 0.5) is 36.2 Å². The molecule has 0 unspecified atom stereocenters. The summed E-state index contributed by atoms with van der Waals surface area (Å²) in [5, 5.41) is 5.59. The van der Waals surface area contributed by atoms with Crippen LogP contribution in [0.1, 0.15) is 11.1 Å². The summed E-state index contributed by atoms with van der Waals surface area (Å²) < 4.78 is 70.7. The number of rotatable bonds is 7. The molecule has 1 aromatic carbocycles. The van der Waals surface area contributed by atoms with E-state index in [1.54, 1.807) is 24.3 Å². The van der Waals surface area contributed by atoms with Crippen LogP contribution in [0.2, 0.25) is 0 Å². The van der Waals surface area contributed by atoms with E-state index in [1.807, 2.05) is 0 Å². The third-order valence-corrected chi connectivity index (χ3v) is 6.20. The lowest BCUT2D eigenvalue weighted by molar-refractivity contribution is -0.137. The van der Waals surface area contributed by atoms with Crippen LogP contribution in [0.3, 0.4) is 0 Å². The van der Waals surface area contributed by atoms with Crippen molar-refractivity contribution in [3.05, 3.63) is 70.5 Å². The van der Waals surface area contributed by atoms with Gasteiger partial charge in [0.2, 0.25) is 10.0 Å². The maximum Gasteiger partial charge on any atom is 0.419 e. The highest BCUT2D eigenvalue weighted by atomic mass is 32.2. The van der Waals surface area contributed by atoms with Crippen LogP contribution in [0.25, 0.3) is 11.1 Å². The van der Waals surface area contributed by atoms with E-state index in [4.69, 9.17) is 4.42 Å². The lowest BCUT2D eigenvalue weighted by atomic mass is 10.2. The van der Waals surface area contributed by atoms with Crippen molar-refractivity contribution < 1.29 is 26.0 Å². The van der Waals surface area contributed by atoms with Crippen molar-refractivity contribution in [2.24, 2.45) is 0 Å². The maximum absolute atomic E-state index is 13.6. The van der Waals surface area contributed by atoms with Gasteiger partial charge < -0.3 is 15.1 Å². The standard InChI is InChI=1S/C21H19F3N6O4S/c1-30(35(2,32)33)19-12(4-3-7-25-19)10-26-16-9-18(27-11-14(16)21(22,23)24)28-13-5-6-15-17(8-13)34-20(31)29-15/h3-9,11H,10H2,1-2H3,(H,29,31)(H2,26,27,28). The van der Waals surface area contributed by atoms with Crippen molar-refractivity contribution in [2.45, 2.75) is 12.7 Å². The molecule has 0 amide bonds. The number of nitrogens with one attached hydrogen (secondary N) is 3. The van der Waals surface area contributed by atoms with E-state index in [-0.39, 0.29) is 29.5 Å². The Kier molecular flexibility index (Phi) is 6.15. The number of alkyl halides is 3. The molecule has 0 saturated carbocycles. The highest BCUT2D eigenvalue weighted by Gasteiger charge is 2.34. The molecule has 0 aliphatic heterocycles. The van der Waals surface area contributed by atoms with Crippen LogP contribution in [0.15, 0.2) is 58.0 Å². The Hall–Kier alpha value is -4.07. The molecular formula is C21H19F3N6O4S. The first-order valence-corrected chi connectivity index (χ1v) is 11.9. The van der Waals surface area contributed by atoms with Gasteiger partial charge in [-0.15, -0.1) is 0 Å². The van der Waals surface area contributed by atoms with E-state index in [2.05, 4.69) is 25.6 Å². The van der Waals surface area contributed by atoms with Crippen LogP contribution in [0, 0.1) is 0 Å². The molecule has 0 bridgehead atoms. The topological polar surface area (TPSA) is 133 Å². The van der Waals surface area contributed by atoms with Gasteiger partial charge in [0.1, 0.15) is 11.6 Å². The SMILES string of the molecule is CN(c1ncccc1CNc1cc(Nc2ccc3[nH]c(=O)oc3c2)ncc1C(F)(F)F)S(C)(=O)=O. The zero-order chi connectivity index (χ0) is 25.4. The van der Waals surface area contributed by atoms with Crippen LogP contribution < -0.4 is 20.7 Å². The summed E-state index contributed by atoms with van der Waals surface area (Å²) in [5.74, 6) is -0.449. The van der Waals surface area contributed by atoms with E-state index in [9.17, 15) is 26.4 Å². The zero-order valence-corrected chi connectivity index (χ0v) is 19.2. The summed E-state index contributed by atoms with van der Waals surface area (Å²) in [5.41, 5.74) is 0.257. The first kappa shape index (κ1) is 24.1. The molecule has 0 radical (unpaired) electrons. The number of aromatic nitrogens is 3. The number of halogens is 3. The second-order valence-electron chi connectivity index (χ2n) is 7.53. The van der Waals surface area contributed by atoms with Gasteiger partial charge in [0.05, 0.1) is 23.0 Å². The molecular weight excluding hydrogens is 489 g/mol. The number of oxazole rings is 1. The Morgan fingerprint density at radius 1 is 1.17 bits per heavy atom. The van der Waals surface area contributed by atoms with Crippen molar-refractivity contribution in [3.8, 4) is 0 Å². The fourth-order valence-electron chi connectivity index (χ4n) is 3.27. The number of pyridine rings is 2. The van der Waals surface area contributed by atoms with E-state index >= 15 is 0 Å². The molecule has 184 valence electrons. The minimum absolute atomic E-state index is 0.0877. The maximum atomic E-state index is 13.6. The lowest BCUT2D eigenvalue weighted by Crippen LogP contribution is -2.27. The first-order valence-electron chi connectivity index (χ1n) is 10.0. The fourth-order valence-corrected chi connectivity index (χ4v) is 3.74. The Labute approximate surface area is 196 Å². The molecule has 4 aromatic rings. The van der Waals surface area contributed by atoms with E-state index in [0.717, 1.165) is 10.6 Å². The fraction of sp³-hybridized carbons (Fsp3) is 0.190. The number of benzene rings is 1. The van der Waals surface area contributed by atoms with Gasteiger partial charge >= 0.3 is 11.9 Å². The van der Waals surface area contributed by atoms with E-state index in [0.29, 0.717) is 23.0 Å². The third-order valence-electron chi connectivity index (χ3n) is 5.04. The number of hydrogen-bond acceptors (Lipinski definition) is 8. The lowest BCUT2D eigenvalue weighted by Gasteiger charge is -2.20. The van der Waals surface area contributed by atoms with Gasteiger partial charge in [-0.3, -0.25) is 9.29 Å². The summed E-state index contributed by atoms with van der Waals surface area (Å²) in [6.07, 6.45) is -1.62. The monoisotopic (exact) mass is 508 g/mol. The van der Waals surface area contributed by atoms with Gasteiger partial charge in [-0.05, 0) is 18.2 Å². The Morgan fingerprint density at radius 2 is 1.94 bits per heavy atom. The normalized spacial score (nSPS) is 12.0. The molecule has 14 heteroatoms. The summed E-state index contributed by atoms with van der Waals surface area (Å²) >= 11 is 0. The number of hydrogen-bond donors (Lipinski definition) is 3. The Bertz CT molecular complexity index is 1550. The highest BCUT2D eigenvalue weighted by Crippen LogP contribution is 2.36. The molecule has 0 saturated heterocycles. The minimum atomic E-state index is -4.69. The van der Waals surface area contributed by atoms with Gasteiger partial charge in [-0.1, -0.05) is 6.07 Å². The molecule has 10 nitrogen and oxygen atoms in total. The van der Waals surface area contributed by atoms with Crippen molar-refractivity contribution in [3.63, 3.8) is 0 Å². The third kappa shape index (κ3) is 5.37. The van der Waals surface area contributed by atoms with Crippen LogP contribution in [-0.4, -0.2) is 36.7 Å². The average Bonchev–Trinajstić information content (AvgIpc) is 3.15. The average molecular weight is 508 g/mol. The molecule has 0 aliphatic carbocycles. The molecule has 0 aliphatic rings. The van der Waals surface area contributed by atoms with Crippen LogP contribution >= 0.6 is 0 Å². The van der Waals surface area contributed by atoms with E-state index in [1.165, 1.54) is 25.4 Å². The Morgan fingerprint density at radius 3 is 2.66 bits per heavy atom. The summed E-state index contributed by atoms with van der Waals surface area (Å²) in [7, 11) is -2.33.